The lowest BCUT2D eigenvalue weighted by atomic mass is 10.1. The smallest absolute Gasteiger partial charge is 0.220 e. The minimum Gasteiger partial charge on any atom is -0.490 e. The number of rotatable bonds is 5. The summed E-state index contributed by atoms with van der Waals surface area (Å²) in [5.74, 6) is -0.281. The number of nitrogens with zero attached hydrogens (tertiary/aromatic N) is 4. The second kappa shape index (κ2) is 7.34. The van der Waals surface area contributed by atoms with Crippen LogP contribution in [0.5, 0.6) is 17.2 Å². The first kappa shape index (κ1) is 18.6. The van der Waals surface area contributed by atoms with Gasteiger partial charge < -0.3 is 15.2 Å². The maximum Gasteiger partial charge on any atom is 0.220 e. The van der Waals surface area contributed by atoms with E-state index in [0.29, 0.717) is 46.5 Å². The highest BCUT2D eigenvalue weighted by Crippen LogP contribution is 2.36. The molecule has 7 nitrogen and oxygen atoms in total. The summed E-state index contributed by atoms with van der Waals surface area (Å²) in [5, 5.41) is 12.7. The van der Waals surface area contributed by atoms with E-state index >= 15 is 0 Å². The summed E-state index contributed by atoms with van der Waals surface area (Å²) in [7, 11) is 0. The number of benzene rings is 2. The molecule has 0 aliphatic rings. The highest BCUT2D eigenvalue weighted by Gasteiger charge is 2.17. The predicted octanol–water partition coefficient (Wildman–Crippen LogP) is 4.15. The summed E-state index contributed by atoms with van der Waals surface area (Å²) in [4.78, 5) is 0. The van der Waals surface area contributed by atoms with Gasteiger partial charge in [0.05, 0.1) is 12.3 Å². The number of nitrogen functional groups attached to an aromatic ring is 1. The van der Waals surface area contributed by atoms with Gasteiger partial charge in [0.25, 0.3) is 0 Å². The molecule has 0 unspecified atom stereocenters. The van der Waals surface area contributed by atoms with Crippen LogP contribution in [-0.2, 0) is 0 Å². The SMILES string of the molecule is CCOc1cc(-c2cc(N)ccc2Oc2ccc(F)cc2F)nn2c(C)nnc12. The molecule has 0 fully saturated rings. The Bertz CT molecular complexity index is 1210. The zero-order chi connectivity index (χ0) is 20.5. The lowest BCUT2D eigenvalue weighted by molar-refractivity contribution is 0.341. The van der Waals surface area contributed by atoms with Crippen molar-refractivity contribution in [1.29, 1.82) is 0 Å². The van der Waals surface area contributed by atoms with Crippen LogP contribution in [0.15, 0.2) is 42.5 Å². The van der Waals surface area contributed by atoms with Crippen molar-refractivity contribution in [2.24, 2.45) is 0 Å². The second-order valence-electron chi connectivity index (χ2n) is 6.24. The molecule has 29 heavy (non-hydrogen) atoms. The molecule has 2 heterocycles. The van der Waals surface area contributed by atoms with E-state index in [1.807, 2.05) is 6.92 Å². The van der Waals surface area contributed by atoms with Crippen LogP contribution in [0.3, 0.4) is 0 Å². The molecule has 2 N–H and O–H groups in total. The summed E-state index contributed by atoms with van der Waals surface area (Å²) in [6.45, 7) is 4.04. The van der Waals surface area contributed by atoms with Gasteiger partial charge in [-0.05, 0) is 44.2 Å². The van der Waals surface area contributed by atoms with Gasteiger partial charge in [0.2, 0.25) is 5.65 Å². The predicted molar refractivity (Wildman–Crippen MR) is 103 cm³/mol. The third kappa shape index (κ3) is 3.54. The Balaban J connectivity index is 1.86. The van der Waals surface area contributed by atoms with E-state index in [1.54, 1.807) is 35.7 Å². The summed E-state index contributed by atoms with van der Waals surface area (Å²) in [6.07, 6.45) is 0. The van der Waals surface area contributed by atoms with Crippen molar-refractivity contribution in [3.63, 3.8) is 0 Å². The van der Waals surface area contributed by atoms with Crippen molar-refractivity contribution in [3.8, 4) is 28.5 Å². The minimum atomic E-state index is -0.819. The highest BCUT2D eigenvalue weighted by atomic mass is 19.1. The van der Waals surface area contributed by atoms with Gasteiger partial charge in [-0.3, -0.25) is 0 Å². The van der Waals surface area contributed by atoms with Crippen molar-refractivity contribution in [1.82, 2.24) is 19.8 Å². The van der Waals surface area contributed by atoms with Gasteiger partial charge in [-0.1, -0.05) is 0 Å². The molecule has 0 amide bonds. The summed E-state index contributed by atoms with van der Waals surface area (Å²) in [5.41, 5.74) is 7.87. The molecule has 0 bridgehead atoms. The van der Waals surface area contributed by atoms with E-state index in [1.165, 1.54) is 6.07 Å². The van der Waals surface area contributed by atoms with Crippen molar-refractivity contribution in [3.05, 3.63) is 59.9 Å². The third-order valence-electron chi connectivity index (χ3n) is 4.19. The highest BCUT2D eigenvalue weighted by molar-refractivity contribution is 5.74. The topological polar surface area (TPSA) is 87.6 Å². The Morgan fingerprint density at radius 1 is 1.00 bits per heavy atom. The standard InChI is InChI=1S/C20H17F2N5O2/c1-3-28-19-10-16(26-27-11(2)24-25-20(19)27)14-9-13(23)5-7-17(14)29-18-6-4-12(21)8-15(18)22/h4-10H,3,23H2,1-2H3. The normalized spacial score (nSPS) is 11.0. The molecule has 148 valence electrons. The molecule has 9 heteroatoms. The Morgan fingerprint density at radius 3 is 2.55 bits per heavy atom. The fourth-order valence-electron chi connectivity index (χ4n) is 2.86. The fraction of sp³-hybridized carbons (Fsp3) is 0.150. The molecule has 2 aromatic heterocycles. The van der Waals surface area contributed by atoms with Crippen LogP contribution in [-0.4, -0.2) is 26.4 Å². The monoisotopic (exact) mass is 397 g/mol. The summed E-state index contributed by atoms with van der Waals surface area (Å²) in [6, 6.07) is 9.65. The number of hydrogen-bond donors (Lipinski definition) is 1. The van der Waals surface area contributed by atoms with Crippen LogP contribution >= 0.6 is 0 Å². The molecular formula is C20H17F2N5O2. The first-order valence-electron chi connectivity index (χ1n) is 8.85. The van der Waals surface area contributed by atoms with E-state index < -0.39 is 11.6 Å². The summed E-state index contributed by atoms with van der Waals surface area (Å²) < 4.78 is 40.2. The van der Waals surface area contributed by atoms with Gasteiger partial charge in [0.15, 0.2) is 23.1 Å². The van der Waals surface area contributed by atoms with Gasteiger partial charge in [-0.25, -0.2) is 8.78 Å². The van der Waals surface area contributed by atoms with Gasteiger partial charge in [0.1, 0.15) is 11.6 Å². The molecule has 4 aromatic rings. The molecule has 0 saturated carbocycles. The van der Waals surface area contributed by atoms with E-state index in [2.05, 4.69) is 15.3 Å². The average Bonchev–Trinajstić information content (AvgIpc) is 3.06. The first-order chi connectivity index (χ1) is 14.0. The largest absolute Gasteiger partial charge is 0.490 e. The van der Waals surface area contributed by atoms with Crippen LogP contribution in [0.1, 0.15) is 12.7 Å². The van der Waals surface area contributed by atoms with E-state index in [-0.39, 0.29) is 5.75 Å². The molecule has 4 rings (SSSR count). The summed E-state index contributed by atoms with van der Waals surface area (Å²) >= 11 is 0. The molecule has 0 saturated heterocycles. The Labute approximate surface area is 164 Å². The number of anilines is 1. The van der Waals surface area contributed by atoms with Crippen molar-refractivity contribution < 1.29 is 18.3 Å². The molecule has 0 aliphatic heterocycles. The molecular weight excluding hydrogens is 380 g/mol. The number of hydrogen-bond acceptors (Lipinski definition) is 6. The number of nitrogens with two attached hydrogens (primary N) is 1. The number of fused-ring (bicyclic) bond motifs is 1. The maximum absolute atomic E-state index is 14.1. The Hall–Kier alpha value is -3.75. The third-order valence-corrected chi connectivity index (χ3v) is 4.19. The number of ether oxygens (including phenoxy) is 2. The van der Waals surface area contributed by atoms with E-state index in [4.69, 9.17) is 15.2 Å². The Morgan fingerprint density at radius 2 is 1.79 bits per heavy atom. The van der Waals surface area contributed by atoms with Crippen LogP contribution in [0.2, 0.25) is 0 Å². The number of halogens is 2. The number of aryl methyl sites for hydroxylation is 1. The molecule has 2 aromatic carbocycles. The fourth-order valence-corrected chi connectivity index (χ4v) is 2.86. The lowest BCUT2D eigenvalue weighted by Gasteiger charge is -2.14. The van der Waals surface area contributed by atoms with Crippen molar-refractivity contribution >= 4 is 11.3 Å². The van der Waals surface area contributed by atoms with Crippen LogP contribution in [0.25, 0.3) is 16.9 Å². The first-order valence-corrected chi connectivity index (χ1v) is 8.85. The van der Waals surface area contributed by atoms with Gasteiger partial charge in [0, 0.05) is 23.4 Å². The molecule has 0 aliphatic carbocycles. The quantitative estimate of drug-likeness (QED) is 0.509. The van der Waals surface area contributed by atoms with Crippen molar-refractivity contribution in [2.45, 2.75) is 13.8 Å². The average molecular weight is 397 g/mol. The van der Waals surface area contributed by atoms with Crippen LogP contribution < -0.4 is 15.2 Å². The zero-order valence-electron chi connectivity index (χ0n) is 15.7. The number of aromatic nitrogens is 4. The Kier molecular flexibility index (Phi) is 4.71. The maximum atomic E-state index is 14.1. The van der Waals surface area contributed by atoms with Crippen LogP contribution in [0.4, 0.5) is 14.5 Å². The molecule has 0 atom stereocenters. The van der Waals surface area contributed by atoms with Gasteiger partial charge in [-0.15, -0.1) is 10.2 Å². The van der Waals surface area contributed by atoms with Gasteiger partial charge >= 0.3 is 0 Å². The van der Waals surface area contributed by atoms with Crippen LogP contribution in [0, 0.1) is 18.6 Å². The van der Waals surface area contributed by atoms with Crippen molar-refractivity contribution in [2.75, 3.05) is 12.3 Å². The van der Waals surface area contributed by atoms with E-state index in [9.17, 15) is 8.78 Å². The van der Waals surface area contributed by atoms with E-state index in [0.717, 1.165) is 12.1 Å². The second-order valence-corrected chi connectivity index (χ2v) is 6.24. The minimum absolute atomic E-state index is 0.121. The molecule has 0 spiro atoms. The lowest BCUT2D eigenvalue weighted by Crippen LogP contribution is -2.03. The van der Waals surface area contributed by atoms with Gasteiger partial charge in [-0.2, -0.15) is 9.61 Å². The zero-order valence-corrected chi connectivity index (χ0v) is 15.7. The molecule has 0 radical (unpaired) electrons.